The normalized spacial score (nSPS) is 11.0. The molecule has 0 unspecified atom stereocenters. The molecular formula is C25H23NO3. The van der Waals surface area contributed by atoms with Gasteiger partial charge in [-0.2, -0.15) is 0 Å². The second-order valence-electron chi connectivity index (χ2n) is 6.88. The lowest BCUT2D eigenvalue weighted by Crippen LogP contribution is -2.33. The highest BCUT2D eigenvalue weighted by molar-refractivity contribution is 6.10. The summed E-state index contributed by atoms with van der Waals surface area (Å²) in [6, 6.07) is 23.1. The van der Waals surface area contributed by atoms with Crippen molar-refractivity contribution in [3.63, 3.8) is 0 Å². The number of hydrogen-bond acceptors (Lipinski definition) is 3. The summed E-state index contributed by atoms with van der Waals surface area (Å²) in [5.41, 5.74) is 1.39. The molecule has 4 heteroatoms. The van der Waals surface area contributed by atoms with Crippen LogP contribution in [0.2, 0.25) is 0 Å². The summed E-state index contributed by atoms with van der Waals surface area (Å²) >= 11 is 0. The van der Waals surface area contributed by atoms with Gasteiger partial charge in [0.2, 0.25) is 0 Å². The van der Waals surface area contributed by atoms with E-state index in [2.05, 4.69) is 0 Å². The zero-order chi connectivity index (χ0) is 20.4. The second kappa shape index (κ2) is 7.84. The summed E-state index contributed by atoms with van der Waals surface area (Å²) in [7, 11) is 0. The van der Waals surface area contributed by atoms with E-state index in [0.717, 1.165) is 27.1 Å². The van der Waals surface area contributed by atoms with E-state index >= 15 is 0 Å². The van der Waals surface area contributed by atoms with Crippen molar-refractivity contribution >= 4 is 27.6 Å². The first-order valence-corrected chi connectivity index (χ1v) is 9.83. The minimum absolute atomic E-state index is 0.153. The first kappa shape index (κ1) is 18.8. The van der Waals surface area contributed by atoms with Gasteiger partial charge >= 0.3 is 6.09 Å². The van der Waals surface area contributed by atoms with Crippen LogP contribution in [0.15, 0.2) is 72.8 Å². The summed E-state index contributed by atoms with van der Waals surface area (Å²) in [5.74, 6) is 0.590. The largest absolute Gasteiger partial charge is 0.507 e. The van der Waals surface area contributed by atoms with Crippen molar-refractivity contribution in [1.82, 2.24) is 4.90 Å². The average molecular weight is 385 g/mol. The van der Waals surface area contributed by atoms with Crippen LogP contribution in [-0.2, 0) is 0 Å². The fourth-order valence-electron chi connectivity index (χ4n) is 3.76. The summed E-state index contributed by atoms with van der Waals surface area (Å²) < 4.78 is 5.83. The maximum atomic E-state index is 12.7. The second-order valence-corrected chi connectivity index (χ2v) is 6.88. The van der Waals surface area contributed by atoms with Crippen LogP contribution in [0.3, 0.4) is 0 Å². The highest BCUT2D eigenvalue weighted by atomic mass is 16.6. The molecule has 146 valence electrons. The third kappa shape index (κ3) is 3.38. The molecule has 0 aromatic heterocycles. The maximum Gasteiger partial charge on any atom is 0.415 e. The molecule has 0 aliphatic heterocycles. The smallest absolute Gasteiger partial charge is 0.415 e. The van der Waals surface area contributed by atoms with Crippen LogP contribution in [0.25, 0.3) is 32.7 Å². The average Bonchev–Trinajstić information content (AvgIpc) is 2.75. The lowest BCUT2D eigenvalue weighted by atomic mass is 9.92. The number of carbonyl (C=O) groups excluding carboxylic acids is 1. The van der Waals surface area contributed by atoms with E-state index in [4.69, 9.17) is 4.74 Å². The van der Waals surface area contributed by atoms with Gasteiger partial charge in [-0.1, -0.05) is 60.7 Å². The van der Waals surface area contributed by atoms with Crippen LogP contribution in [0.1, 0.15) is 13.8 Å². The van der Waals surface area contributed by atoms with Gasteiger partial charge in [0, 0.05) is 24.2 Å². The number of benzene rings is 4. The lowest BCUT2D eigenvalue weighted by Gasteiger charge is -2.21. The molecular weight excluding hydrogens is 362 g/mol. The Balaban J connectivity index is 2.01. The summed E-state index contributed by atoms with van der Waals surface area (Å²) in [5, 5.41) is 14.7. The van der Waals surface area contributed by atoms with Crippen molar-refractivity contribution in [2.24, 2.45) is 0 Å². The SMILES string of the molecule is CCN(CC)C(=O)Oc1ccc2ccccc2c1-c1c(O)ccc2ccccc12. The molecule has 1 N–H and O–H groups in total. The van der Waals surface area contributed by atoms with Crippen molar-refractivity contribution in [2.75, 3.05) is 13.1 Å². The Morgan fingerprint density at radius 3 is 1.97 bits per heavy atom. The van der Waals surface area contributed by atoms with Gasteiger partial charge in [0.25, 0.3) is 0 Å². The zero-order valence-electron chi connectivity index (χ0n) is 16.6. The number of nitrogens with zero attached hydrogens (tertiary/aromatic N) is 1. The predicted molar refractivity (Wildman–Crippen MR) is 117 cm³/mol. The van der Waals surface area contributed by atoms with Crippen LogP contribution in [-0.4, -0.2) is 29.2 Å². The fraction of sp³-hybridized carbons (Fsp3) is 0.160. The summed E-state index contributed by atoms with van der Waals surface area (Å²) in [6.07, 6.45) is -0.397. The van der Waals surface area contributed by atoms with E-state index in [9.17, 15) is 9.90 Å². The number of aromatic hydroxyl groups is 1. The van der Waals surface area contributed by atoms with Gasteiger partial charge in [0.15, 0.2) is 0 Å². The Labute approximate surface area is 170 Å². The molecule has 1 amide bonds. The van der Waals surface area contributed by atoms with Crippen molar-refractivity contribution in [3.8, 4) is 22.6 Å². The number of hydrogen-bond donors (Lipinski definition) is 1. The Morgan fingerprint density at radius 2 is 1.34 bits per heavy atom. The molecule has 0 saturated heterocycles. The van der Waals surface area contributed by atoms with Gasteiger partial charge in [-0.05, 0) is 47.5 Å². The quantitative estimate of drug-likeness (QED) is 0.454. The molecule has 0 fully saturated rings. The molecule has 0 atom stereocenters. The highest BCUT2D eigenvalue weighted by Gasteiger charge is 2.21. The molecule has 0 aliphatic carbocycles. The monoisotopic (exact) mass is 385 g/mol. The topological polar surface area (TPSA) is 49.8 Å². The fourth-order valence-corrected chi connectivity index (χ4v) is 3.76. The van der Waals surface area contributed by atoms with Crippen molar-refractivity contribution in [3.05, 3.63) is 72.8 Å². The molecule has 4 nitrogen and oxygen atoms in total. The number of phenolic OH excluding ortho intramolecular Hbond substituents is 1. The summed E-state index contributed by atoms with van der Waals surface area (Å²) in [6.45, 7) is 4.97. The number of rotatable bonds is 4. The van der Waals surface area contributed by atoms with E-state index in [1.807, 2.05) is 74.5 Å². The van der Waals surface area contributed by atoms with Crippen molar-refractivity contribution in [1.29, 1.82) is 0 Å². The molecule has 0 heterocycles. The third-order valence-electron chi connectivity index (χ3n) is 5.27. The minimum atomic E-state index is -0.397. The number of amides is 1. The molecule has 4 rings (SSSR count). The van der Waals surface area contributed by atoms with E-state index in [0.29, 0.717) is 24.4 Å². The zero-order valence-corrected chi connectivity index (χ0v) is 16.6. The lowest BCUT2D eigenvalue weighted by molar-refractivity contribution is 0.157. The van der Waals surface area contributed by atoms with Gasteiger partial charge in [-0.3, -0.25) is 0 Å². The van der Waals surface area contributed by atoms with Crippen LogP contribution in [0.5, 0.6) is 11.5 Å². The number of carbonyl (C=O) groups is 1. The minimum Gasteiger partial charge on any atom is -0.507 e. The van der Waals surface area contributed by atoms with Crippen molar-refractivity contribution in [2.45, 2.75) is 13.8 Å². The van der Waals surface area contributed by atoms with E-state index in [1.165, 1.54) is 0 Å². The van der Waals surface area contributed by atoms with E-state index < -0.39 is 6.09 Å². The Bertz CT molecular complexity index is 1200. The number of ether oxygens (including phenoxy) is 1. The van der Waals surface area contributed by atoms with Gasteiger partial charge in [0.05, 0.1) is 0 Å². The molecule has 0 saturated carbocycles. The van der Waals surface area contributed by atoms with Crippen LogP contribution < -0.4 is 4.74 Å². The van der Waals surface area contributed by atoms with Crippen LogP contribution in [0.4, 0.5) is 4.79 Å². The van der Waals surface area contributed by atoms with Crippen molar-refractivity contribution < 1.29 is 14.6 Å². The van der Waals surface area contributed by atoms with Gasteiger partial charge < -0.3 is 14.7 Å². The molecule has 4 aromatic rings. The van der Waals surface area contributed by atoms with E-state index in [1.54, 1.807) is 17.0 Å². The number of phenols is 1. The molecule has 0 aliphatic rings. The Morgan fingerprint density at radius 1 is 0.793 bits per heavy atom. The molecule has 4 aromatic carbocycles. The Kier molecular flexibility index (Phi) is 5.09. The van der Waals surface area contributed by atoms with E-state index in [-0.39, 0.29) is 5.75 Å². The summed E-state index contributed by atoms with van der Waals surface area (Å²) in [4.78, 5) is 14.3. The molecule has 29 heavy (non-hydrogen) atoms. The van der Waals surface area contributed by atoms with Crippen LogP contribution >= 0.6 is 0 Å². The van der Waals surface area contributed by atoms with Gasteiger partial charge in [0.1, 0.15) is 11.5 Å². The number of fused-ring (bicyclic) bond motifs is 2. The standard InChI is InChI=1S/C25H23NO3/c1-3-26(4-2)25(28)29-22-16-14-18-10-6-8-12-20(18)24(22)23-19-11-7-5-9-17(19)13-15-21(23)27/h5-16,27H,3-4H2,1-2H3. The first-order chi connectivity index (χ1) is 14.1. The first-order valence-electron chi connectivity index (χ1n) is 9.83. The Hall–Kier alpha value is -3.53. The molecule has 0 bridgehead atoms. The molecule has 0 spiro atoms. The van der Waals surface area contributed by atoms with Crippen LogP contribution in [0, 0.1) is 0 Å². The third-order valence-corrected chi connectivity index (χ3v) is 5.27. The van der Waals surface area contributed by atoms with Gasteiger partial charge in [-0.25, -0.2) is 4.79 Å². The highest BCUT2D eigenvalue weighted by Crippen LogP contribution is 2.45. The maximum absolute atomic E-state index is 12.7. The van der Waals surface area contributed by atoms with Gasteiger partial charge in [-0.15, -0.1) is 0 Å². The molecule has 0 radical (unpaired) electrons. The predicted octanol–water partition coefficient (Wildman–Crippen LogP) is 6.21.